The Kier molecular flexibility index (Phi) is 5.10. The van der Waals surface area contributed by atoms with Gasteiger partial charge in [0.05, 0.1) is 5.41 Å². The highest BCUT2D eigenvalue weighted by molar-refractivity contribution is 5.97. The number of ketones is 2. The highest BCUT2D eigenvalue weighted by Gasteiger charge is 2.60. The summed E-state index contributed by atoms with van der Waals surface area (Å²) in [5, 5.41) is 0. The molecule has 0 radical (unpaired) electrons. The second-order valence-corrected chi connectivity index (χ2v) is 12.0. The number of carbonyl (C=O) groups excluding carboxylic acids is 3. The molecule has 7 atom stereocenters. The first-order chi connectivity index (χ1) is 13.9. The van der Waals surface area contributed by atoms with E-state index in [9.17, 15) is 14.4 Å². The van der Waals surface area contributed by atoms with Crippen molar-refractivity contribution in [1.82, 2.24) is 0 Å². The smallest absolute Gasteiger partial charge is 0.311 e. The van der Waals surface area contributed by atoms with E-state index >= 15 is 0 Å². The van der Waals surface area contributed by atoms with E-state index in [1.165, 1.54) is 5.57 Å². The summed E-state index contributed by atoms with van der Waals surface area (Å²) in [4.78, 5) is 37.6. The number of ether oxygens (including phenoxy) is 1. The Bertz CT molecular complexity index is 802. The Morgan fingerprint density at radius 3 is 2.40 bits per heavy atom. The van der Waals surface area contributed by atoms with Gasteiger partial charge in [-0.05, 0) is 101 Å². The van der Waals surface area contributed by atoms with Gasteiger partial charge in [0.15, 0.2) is 11.9 Å². The lowest BCUT2D eigenvalue weighted by Crippen LogP contribution is -2.53. The van der Waals surface area contributed by atoms with Gasteiger partial charge in [-0.3, -0.25) is 14.4 Å². The van der Waals surface area contributed by atoms with Crippen LogP contribution in [0.4, 0.5) is 0 Å². The number of hydrogen-bond donors (Lipinski definition) is 0. The van der Waals surface area contributed by atoms with E-state index in [-0.39, 0.29) is 28.5 Å². The van der Waals surface area contributed by atoms with Crippen molar-refractivity contribution in [2.75, 3.05) is 0 Å². The fraction of sp³-hybridized carbons (Fsp3) is 0.808. The van der Waals surface area contributed by atoms with Crippen LogP contribution in [0.3, 0.4) is 0 Å². The number of allylic oxidation sites excluding steroid dienone is 1. The molecule has 3 fully saturated rings. The van der Waals surface area contributed by atoms with Crippen LogP contribution in [0.15, 0.2) is 11.6 Å². The molecule has 4 heteroatoms. The number of hydrogen-bond acceptors (Lipinski definition) is 4. The fourth-order valence-corrected chi connectivity index (χ4v) is 7.67. The molecule has 0 aromatic carbocycles. The molecule has 3 saturated carbocycles. The minimum Gasteiger partial charge on any atom is -0.454 e. The number of Topliss-reactive ketones (excluding diaryl/α,β-unsaturated/α-hetero) is 1. The third kappa shape index (κ3) is 3.20. The summed E-state index contributed by atoms with van der Waals surface area (Å²) in [6, 6.07) is 0. The van der Waals surface area contributed by atoms with Crippen LogP contribution >= 0.6 is 0 Å². The van der Waals surface area contributed by atoms with Gasteiger partial charge in [0.1, 0.15) is 5.78 Å². The van der Waals surface area contributed by atoms with Gasteiger partial charge < -0.3 is 4.74 Å². The van der Waals surface area contributed by atoms with Crippen LogP contribution in [0.5, 0.6) is 0 Å². The van der Waals surface area contributed by atoms with Crippen molar-refractivity contribution in [3.05, 3.63) is 11.6 Å². The SMILES string of the molecule is CC(=O)[C@H]1CC[C@H]2[C@@H]3CCC4=CC(=O)C(OC(=O)C(C)(C)C)C[C@]4(C)[C@H]3CC[C@]12C. The number of fused-ring (bicyclic) bond motifs is 5. The van der Waals surface area contributed by atoms with Gasteiger partial charge in [0.25, 0.3) is 0 Å². The number of rotatable bonds is 2. The minimum atomic E-state index is -0.661. The van der Waals surface area contributed by atoms with Crippen molar-refractivity contribution in [2.24, 2.45) is 39.9 Å². The van der Waals surface area contributed by atoms with Gasteiger partial charge in [0, 0.05) is 12.3 Å². The van der Waals surface area contributed by atoms with Crippen molar-refractivity contribution < 1.29 is 19.1 Å². The molecule has 166 valence electrons. The molecule has 0 heterocycles. The van der Waals surface area contributed by atoms with Gasteiger partial charge in [0.2, 0.25) is 0 Å². The van der Waals surface area contributed by atoms with E-state index in [0.717, 1.165) is 38.5 Å². The summed E-state index contributed by atoms with van der Waals surface area (Å²) in [6.45, 7) is 11.9. The largest absolute Gasteiger partial charge is 0.454 e. The molecule has 0 aromatic heterocycles. The molecule has 0 amide bonds. The Morgan fingerprint density at radius 1 is 1.07 bits per heavy atom. The van der Waals surface area contributed by atoms with Crippen molar-refractivity contribution in [2.45, 2.75) is 92.6 Å². The van der Waals surface area contributed by atoms with Crippen LogP contribution in [0.2, 0.25) is 0 Å². The van der Waals surface area contributed by atoms with Crippen molar-refractivity contribution in [3.8, 4) is 0 Å². The van der Waals surface area contributed by atoms with Gasteiger partial charge in [-0.25, -0.2) is 0 Å². The molecule has 4 aliphatic carbocycles. The predicted molar refractivity (Wildman–Crippen MR) is 116 cm³/mol. The molecule has 0 bridgehead atoms. The van der Waals surface area contributed by atoms with E-state index in [0.29, 0.717) is 30.0 Å². The average molecular weight is 415 g/mol. The molecule has 0 aromatic rings. The normalized spacial score (nSPS) is 43.2. The predicted octanol–water partition coefficient (Wildman–Crippen LogP) is 5.29. The van der Waals surface area contributed by atoms with E-state index in [1.54, 1.807) is 13.0 Å². The van der Waals surface area contributed by atoms with E-state index in [2.05, 4.69) is 13.8 Å². The highest BCUT2D eigenvalue weighted by Crippen LogP contribution is 2.66. The third-order valence-corrected chi connectivity index (χ3v) is 9.33. The first kappa shape index (κ1) is 21.8. The first-order valence-electron chi connectivity index (χ1n) is 11.8. The molecular formula is C26H38O4. The zero-order chi connectivity index (χ0) is 22.1. The minimum absolute atomic E-state index is 0.0447. The summed E-state index contributed by atoms with van der Waals surface area (Å²) in [5.74, 6) is 1.92. The van der Waals surface area contributed by atoms with Crippen molar-refractivity contribution in [3.63, 3.8) is 0 Å². The quantitative estimate of drug-likeness (QED) is 0.576. The van der Waals surface area contributed by atoms with E-state index in [1.807, 2.05) is 20.8 Å². The molecule has 0 aliphatic heterocycles. The van der Waals surface area contributed by atoms with Gasteiger partial charge >= 0.3 is 5.97 Å². The molecule has 4 rings (SSSR count). The lowest BCUT2D eigenvalue weighted by Gasteiger charge is -2.58. The van der Waals surface area contributed by atoms with Crippen LogP contribution in [-0.2, 0) is 19.1 Å². The molecular weight excluding hydrogens is 376 g/mol. The zero-order valence-electron chi connectivity index (χ0n) is 19.5. The zero-order valence-corrected chi connectivity index (χ0v) is 19.5. The molecule has 4 aliphatic rings. The summed E-state index contributed by atoms with van der Waals surface area (Å²) in [7, 11) is 0. The van der Waals surface area contributed by atoms with Crippen LogP contribution < -0.4 is 0 Å². The topological polar surface area (TPSA) is 60.4 Å². The second kappa shape index (κ2) is 7.03. The first-order valence-corrected chi connectivity index (χ1v) is 11.8. The fourth-order valence-electron chi connectivity index (χ4n) is 7.67. The molecule has 1 unspecified atom stereocenters. The summed E-state index contributed by atoms with van der Waals surface area (Å²) in [6.07, 6.45) is 8.21. The lowest BCUT2D eigenvalue weighted by molar-refractivity contribution is -0.165. The van der Waals surface area contributed by atoms with Crippen LogP contribution in [0.1, 0.15) is 86.5 Å². The average Bonchev–Trinajstić information content (AvgIpc) is 2.99. The van der Waals surface area contributed by atoms with Crippen LogP contribution in [0, 0.1) is 39.9 Å². The molecule has 0 spiro atoms. The molecule has 0 N–H and O–H groups in total. The highest BCUT2D eigenvalue weighted by atomic mass is 16.5. The Hall–Kier alpha value is -1.45. The third-order valence-electron chi connectivity index (χ3n) is 9.33. The van der Waals surface area contributed by atoms with Crippen molar-refractivity contribution >= 4 is 17.5 Å². The molecule has 0 saturated heterocycles. The maximum absolute atomic E-state index is 12.8. The van der Waals surface area contributed by atoms with Crippen LogP contribution in [0.25, 0.3) is 0 Å². The Balaban J connectivity index is 1.60. The second-order valence-electron chi connectivity index (χ2n) is 12.0. The van der Waals surface area contributed by atoms with E-state index < -0.39 is 11.5 Å². The van der Waals surface area contributed by atoms with E-state index in [4.69, 9.17) is 4.74 Å². The lowest BCUT2D eigenvalue weighted by atomic mass is 9.46. The Labute approximate surface area is 181 Å². The monoisotopic (exact) mass is 414 g/mol. The van der Waals surface area contributed by atoms with Crippen LogP contribution in [-0.4, -0.2) is 23.6 Å². The summed E-state index contributed by atoms with van der Waals surface area (Å²) < 4.78 is 5.74. The van der Waals surface area contributed by atoms with Gasteiger partial charge in [-0.15, -0.1) is 0 Å². The summed E-state index contributed by atoms with van der Waals surface area (Å²) in [5.41, 5.74) is 0.697. The maximum atomic E-state index is 12.8. The Morgan fingerprint density at radius 2 is 1.77 bits per heavy atom. The van der Waals surface area contributed by atoms with Gasteiger partial charge in [-0.2, -0.15) is 0 Å². The molecule has 4 nitrogen and oxygen atoms in total. The number of carbonyl (C=O) groups is 3. The van der Waals surface area contributed by atoms with Gasteiger partial charge in [-0.1, -0.05) is 19.4 Å². The molecule has 30 heavy (non-hydrogen) atoms. The summed E-state index contributed by atoms with van der Waals surface area (Å²) >= 11 is 0. The van der Waals surface area contributed by atoms with Crippen molar-refractivity contribution in [1.29, 1.82) is 0 Å². The maximum Gasteiger partial charge on any atom is 0.311 e. The number of esters is 1. The standard InChI is InChI=1S/C26H38O4/c1-15(27)18-9-10-19-17-8-7-16-13-21(28)22(30-23(29)24(2,3)4)14-26(16,6)20(17)11-12-25(18,19)5/h13,17-20,22H,7-12,14H2,1-6H3/t17-,18+,19-,20-,22?,25+,26-/m0/s1.